The van der Waals surface area contributed by atoms with E-state index in [2.05, 4.69) is 15.9 Å². The standard InChI is InChI=1S/C16H15BrO4/c1-19-13-6-3-11(4-7-13)10-21-16-14(20-2)8-5-12(9-18)15(16)17/h3-9H,10H2,1-2H3. The number of aldehydes is 1. The van der Waals surface area contributed by atoms with Crippen LogP contribution < -0.4 is 14.2 Å². The first-order chi connectivity index (χ1) is 10.2. The Kier molecular flexibility index (Phi) is 5.22. The fourth-order valence-corrected chi connectivity index (χ4v) is 2.35. The normalized spacial score (nSPS) is 10.0. The van der Waals surface area contributed by atoms with Gasteiger partial charge in [-0.3, -0.25) is 4.79 Å². The van der Waals surface area contributed by atoms with Crippen molar-refractivity contribution in [2.45, 2.75) is 6.61 Å². The summed E-state index contributed by atoms with van der Waals surface area (Å²) in [6.07, 6.45) is 0.768. The molecule has 0 aliphatic rings. The smallest absolute Gasteiger partial charge is 0.176 e. The summed E-state index contributed by atoms with van der Waals surface area (Å²) in [5.41, 5.74) is 1.50. The number of carbonyl (C=O) groups excluding carboxylic acids is 1. The molecule has 0 aliphatic heterocycles. The van der Waals surface area contributed by atoms with Gasteiger partial charge in [-0.25, -0.2) is 0 Å². The fourth-order valence-electron chi connectivity index (χ4n) is 1.82. The first-order valence-electron chi connectivity index (χ1n) is 6.27. The number of rotatable bonds is 6. The Morgan fingerprint density at radius 3 is 2.33 bits per heavy atom. The number of methoxy groups -OCH3 is 2. The van der Waals surface area contributed by atoms with E-state index in [1.54, 1.807) is 26.4 Å². The van der Waals surface area contributed by atoms with Crippen LogP contribution in [0.25, 0.3) is 0 Å². The van der Waals surface area contributed by atoms with E-state index >= 15 is 0 Å². The lowest BCUT2D eigenvalue weighted by Crippen LogP contribution is -2.00. The molecule has 21 heavy (non-hydrogen) atoms. The molecule has 0 aliphatic carbocycles. The lowest BCUT2D eigenvalue weighted by Gasteiger charge is -2.13. The Hall–Kier alpha value is -2.01. The van der Waals surface area contributed by atoms with Crippen LogP contribution in [0.2, 0.25) is 0 Å². The number of hydrogen-bond acceptors (Lipinski definition) is 4. The molecule has 4 nitrogen and oxygen atoms in total. The second-order valence-corrected chi connectivity index (χ2v) is 5.05. The van der Waals surface area contributed by atoms with Crippen molar-refractivity contribution in [2.75, 3.05) is 14.2 Å². The summed E-state index contributed by atoms with van der Waals surface area (Å²) in [4.78, 5) is 11.0. The van der Waals surface area contributed by atoms with Crippen LogP contribution in [0.4, 0.5) is 0 Å². The summed E-state index contributed by atoms with van der Waals surface area (Å²) in [7, 11) is 3.18. The monoisotopic (exact) mass is 350 g/mol. The van der Waals surface area contributed by atoms with Gasteiger partial charge in [-0.15, -0.1) is 0 Å². The number of halogens is 1. The summed E-state index contributed by atoms with van der Waals surface area (Å²) in [5, 5.41) is 0. The van der Waals surface area contributed by atoms with Gasteiger partial charge >= 0.3 is 0 Å². The molecule has 0 bridgehead atoms. The molecule has 110 valence electrons. The van der Waals surface area contributed by atoms with E-state index in [1.807, 2.05) is 24.3 Å². The Morgan fingerprint density at radius 1 is 1.05 bits per heavy atom. The highest BCUT2D eigenvalue weighted by Gasteiger charge is 2.13. The molecule has 0 radical (unpaired) electrons. The molecular weight excluding hydrogens is 336 g/mol. The number of hydrogen-bond donors (Lipinski definition) is 0. The average molecular weight is 351 g/mol. The maximum Gasteiger partial charge on any atom is 0.176 e. The third kappa shape index (κ3) is 3.55. The molecule has 2 rings (SSSR count). The van der Waals surface area contributed by atoms with Crippen LogP contribution in [0.3, 0.4) is 0 Å². The molecule has 0 unspecified atom stereocenters. The van der Waals surface area contributed by atoms with E-state index in [4.69, 9.17) is 14.2 Å². The van der Waals surface area contributed by atoms with Gasteiger partial charge in [0.1, 0.15) is 12.4 Å². The second-order valence-electron chi connectivity index (χ2n) is 4.25. The predicted molar refractivity (Wildman–Crippen MR) is 83.4 cm³/mol. The zero-order valence-corrected chi connectivity index (χ0v) is 13.3. The first-order valence-corrected chi connectivity index (χ1v) is 7.06. The minimum absolute atomic E-state index is 0.362. The summed E-state index contributed by atoms with van der Waals surface area (Å²) in [5.74, 6) is 1.87. The average Bonchev–Trinajstić information content (AvgIpc) is 2.54. The van der Waals surface area contributed by atoms with Gasteiger partial charge in [0.2, 0.25) is 0 Å². The fraction of sp³-hybridized carbons (Fsp3) is 0.188. The zero-order valence-electron chi connectivity index (χ0n) is 11.8. The van der Waals surface area contributed by atoms with E-state index in [9.17, 15) is 4.79 Å². The van der Waals surface area contributed by atoms with Gasteiger partial charge in [-0.1, -0.05) is 12.1 Å². The van der Waals surface area contributed by atoms with Crippen LogP contribution in [-0.4, -0.2) is 20.5 Å². The molecule has 0 atom stereocenters. The van der Waals surface area contributed by atoms with Crippen LogP contribution >= 0.6 is 15.9 Å². The van der Waals surface area contributed by atoms with Crippen molar-refractivity contribution in [3.05, 3.63) is 52.0 Å². The second kappa shape index (κ2) is 7.13. The van der Waals surface area contributed by atoms with Crippen molar-refractivity contribution in [3.63, 3.8) is 0 Å². The summed E-state index contributed by atoms with van der Waals surface area (Å²) in [6, 6.07) is 11.0. The molecule has 0 N–H and O–H groups in total. The topological polar surface area (TPSA) is 44.8 Å². The first kappa shape index (κ1) is 15.4. The molecule has 0 saturated carbocycles. The van der Waals surface area contributed by atoms with Gasteiger partial charge in [0, 0.05) is 5.56 Å². The third-order valence-corrected chi connectivity index (χ3v) is 3.80. The van der Waals surface area contributed by atoms with Crippen LogP contribution in [0.1, 0.15) is 15.9 Å². The molecule has 0 fully saturated rings. The third-order valence-electron chi connectivity index (χ3n) is 2.98. The highest BCUT2D eigenvalue weighted by molar-refractivity contribution is 9.10. The van der Waals surface area contributed by atoms with Crippen molar-refractivity contribution in [1.82, 2.24) is 0 Å². The highest BCUT2D eigenvalue weighted by Crippen LogP contribution is 2.37. The van der Waals surface area contributed by atoms with Gasteiger partial charge in [0.05, 0.1) is 18.7 Å². The van der Waals surface area contributed by atoms with Crippen molar-refractivity contribution in [3.8, 4) is 17.2 Å². The Labute approximate surface area is 131 Å². The molecule has 0 saturated heterocycles. The Bertz CT molecular complexity index is 623. The van der Waals surface area contributed by atoms with Crippen LogP contribution in [0.5, 0.6) is 17.2 Å². The highest BCUT2D eigenvalue weighted by atomic mass is 79.9. The summed E-state index contributed by atoms with van der Waals surface area (Å²) >= 11 is 3.37. The van der Waals surface area contributed by atoms with Crippen molar-refractivity contribution >= 4 is 22.2 Å². The van der Waals surface area contributed by atoms with Gasteiger partial charge < -0.3 is 14.2 Å². The van der Waals surface area contributed by atoms with Crippen LogP contribution in [0.15, 0.2) is 40.9 Å². The maximum atomic E-state index is 11.0. The SMILES string of the molecule is COc1ccc(COc2c(OC)ccc(C=O)c2Br)cc1. The number of benzene rings is 2. The summed E-state index contributed by atoms with van der Waals surface area (Å²) in [6.45, 7) is 0.362. The molecule has 5 heteroatoms. The van der Waals surface area contributed by atoms with Crippen molar-refractivity contribution in [2.24, 2.45) is 0 Å². The van der Waals surface area contributed by atoms with E-state index in [1.165, 1.54) is 0 Å². The molecule has 0 heterocycles. The molecule has 2 aromatic rings. The number of ether oxygens (including phenoxy) is 3. The quantitative estimate of drug-likeness (QED) is 0.742. The van der Waals surface area contributed by atoms with Gasteiger partial charge in [0.25, 0.3) is 0 Å². The summed E-state index contributed by atoms with van der Waals surface area (Å²) < 4.78 is 16.7. The number of carbonyl (C=O) groups is 1. The van der Waals surface area contributed by atoms with E-state index in [0.29, 0.717) is 28.1 Å². The van der Waals surface area contributed by atoms with Gasteiger partial charge in [-0.05, 0) is 45.8 Å². The molecule has 0 amide bonds. The predicted octanol–water partition coefficient (Wildman–Crippen LogP) is 3.86. The van der Waals surface area contributed by atoms with Gasteiger partial charge in [0.15, 0.2) is 17.8 Å². The van der Waals surface area contributed by atoms with Crippen molar-refractivity contribution < 1.29 is 19.0 Å². The van der Waals surface area contributed by atoms with Crippen molar-refractivity contribution in [1.29, 1.82) is 0 Å². The maximum absolute atomic E-state index is 11.0. The lowest BCUT2D eigenvalue weighted by atomic mass is 10.2. The molecule has 0 spiro atoms. The molecule has 2 aromatic carbocycles. The molecular formula is C16H15BrO4. The van der Waals surface area contributed by atoms with Crippen LogP contribution in [0, 0.1) is 0 Å². The van der Waals surface area contributed by atoms with E-state index in [0.717, 1.165) is 17.6 Å². The van der Waals surface area contributed by atoms with E-state index in [-0.39, 0.29) is 0 Å². The zero-order chi connectivity index (χ0) is 15.2. The Morgan fingerprint density at radius 2 is 1.76 bits per heavy atom. The van der Waals surface area contributed by atoms with Gasteiger partial charge in [-0.2, -0.15) is 0 Å². The lowest BCUT2D eigenvalue weighted by molar-refractivity contribution is 0.112. The van der Waals surface area contributed by atoms with E-state index < -0.39 is 0 Å². The minimum Gasteiger partial charge on any atom is -0.497 e. The minimum atomic E-state index is 0.362. The largest absolute Gasteiger partial charge is 0.497 e. The Balaban J connectivity index is 2.19. The van der Waals surface area contributed by atoms with Crippen LogP contribution in [-0.2, 0) is 6.61 Å². The molecule has 0 aromatic heterocycles.